The third-order valence-corrected chi connectivity index (χ3v) is 6.74. The van der Waals surface area contributed by atoms with E-state index in [1.165, 1.54) is 16.5 Å². The van der Waals surface area contributed by atoms with Crippen LogP contribution in [0.15, 0.2) is 79.3 Å². The van der Waals surface area contributed by atoms with Gasteiger partial charge in [-0.2, -0.15) is 0 Å². The molecule has 5 rings (SSSR count). The molecule has 0 bridgehead atoms. The second-order valence-corrected chi connectivity index (χ2v) is 9.22. The molecule has 4 nitrogen and oxygen atoms in total. The number of ketones is 1. The minimum Gasteiger partial charge on any atom is -0.316 e. The van der Waals surface area contributed by atoms with Crippen LogP contribution in [0.1, 0.15) is 29.5 Å². The van der Waals surface area contributed by atoms with Crippen LogP contribution in [-0.4, -0.2) is 46.0 Å². The summed E-state index contributed by atoms with van der Waals surface area (Å²) in [6.45, 7) is 2.29. The molecule has 2 aromatic carbocycles. The molecule has 1 saturated heterocycles. The largest absolute Gasteiger partial charge is 0.316 e. The Balaban J connectivity index is 1.26. The average Bonchev–Trinajstić information content (AvgIpc) is 3.46. The summed E-state index contributed by atoms with van der Waals surface area (Å²) in [6.07, 6.45) is 8.36. The van der Waals surface area contributed by atoms with Crippen molar-refractivity contribution in [3.8, 4) is 5.69 Å². The van der Waals surface area contributed by atoms with Crippen LogP contribution in [-0.2, 0) is 24.1 Å². The standard InChI is InChI=1S/C29H30FN3O/c30-25-14-17-32(21-25)16-13-24-20-33(29-6-2-1-5-28(24)29)26-10-7-22(8-11-26)18-27(34)12-9-23-4-3-15-31-19-23/h1-8,10-11,15,19-20,25H,9,12-14,16-18,21H2/t25-/m1/s1. The van der Waals surface area contributed by atoms with Gasteiger partial charge in [0.05, 0.1) is 5.52 Å². The lowest BCUT2D eigenvalue weighted by molar-refractivity contribution is -0.118. The maximum Gasteiger partial charge on any atom is 0.137 e. The molecule has 0 amide bonds. The maximum absolute atomic E-state index is 13.5. The SMILES string of the molecule is O=C(CCc1cccnc1)Cc1ccc(-n2cc(CCN3CC[C@@H](F)C3)c3ccccc32)cc1. The normalized spacial score (nSPS) is 16.3. The summed E-state index contributed by atoms with van der Waals surface area (Å²) in [6, 6.07) is 20.6. The quantitative estimate of drug-likeness (QED) is 0.341. The third-order valence-electron chi connectivity index (χ3n) is 6.74. The zero-order valence-electron chi connectivity index (χ0n) is 19.4. The van der Waals surface area contributed by atoms with Gasteiger partial charge in [0.15, 0.2) is 0 Å². The van der Waals surface area contributed by atoms with Gasteiger partial charge >= 0.3 is 0 Å². The molecular formula is C29H30FN3O. The molecule has 0 spiro atoms. The number of alkyl halides is 1. The zero-order chi connectivity index (χ0) is 23.3. The van der Waals surface area contributed by atoms with E-state index in [0.29, 0.717) is 25.8 Å². The average molecular weight is 456 g/mol. The van der Waals surface area contributed by atoms with E-state index in [0.717, 1.165) is 42.7 Å². The summed E-state index contributed by atoms with van der Waals surface area (Å²) in [5.41, 5.74) is 5.66. The van der Waals surface area contributed by atoms with Crippen molar-refractivity contribution in [1.29, 1.82) is 0 Å². The highest BCUT2D eigenvalue weighted by atomic mass is 19.1. The number of fused-ring (bicyclic) bond motifs is 1. The van der Waals surface area contributed by atoms with Crippen LogP contribution < -0.4 is 0 Å². The van der Waals surface area contributed by atoms with E-state index in [4.69, 9.17) is 0 Å². The van der Waals surface area contributed by atoms with Gasteiger partial charge in [-0.05, 0) is 60.2 Å². The van der Waals surface area contributed by atoms with Crippen molar-refractivity contribution < 1.29 is 9.18 Å². The lowest BCUT2D eigenvalue weighted by Gasteiger charge is -2.13. The minimum atomic E-state index is -0.679. The first-order valence-electron chi connectivity index (χ1n) is 12.1. The molecule has 1 atom stereocenters. The number of likely N-dealkylation sites (tertiary alicyclic amines) is 1. The Morgan fingerprint density at radius 1 is 1.00 bits per heavy atom. The number of nitrogens with zero attached hydrogens (tertiary/aromatic N) is 3. The number of aryl methyl sites for hydroxylation is 1. The van der Waals surface area contributed by atoms with Crippen LogP contribution in [0.5, 0.6) is 0 Å². The van der Waals surface area contributed by atoms with Crippen LogP contribution in [0.4, 0.5) is 4.39 Å². The van der Waals surface area contributed by atoms with Gasteiger partial charge in [-0.1, -0.05) is 36.4 Å². The first kappa shape index (κ1) is 22.5. The lowest BCUT2D eigenvalue weighted by atomic mass is 10.0. The maximum atomic E-state index is 13.5. The fraction of sp³-hybridized carbons (Fsp3) is 0.310. The molecule has 2 aromatic heterocycles. The van der Waals surface area contributed by atoms with Gasteiger partial charge in [0.25, 0.3) is 0 Å². The first-order chi connectivity index (χ1) is 16.7. The molecule has 1 aliphatic rings. The minimum absolute atomic E-state index is 0.239. The predicted octanol–water partition coefficient (Wildman–Crippen LogP) is 5.36. The molecule has 5 heteroatoms. The van der Waals surface area contributed by atoms with Crippen molar-refractivity contribution in [3.63, 3.8) is 0 Å². The Bertz CT molecular complexity index is 1250. The number of aromatic nitrogens is 2. The number of pyridine rings is 1. The zero-order valence-corrected chi connectivity index (χ0v) is 19.4. The predicted molar refractivity (Wildman–Crippen MR) is 134 cm³/mol. The summed E-state index contributed by atoms with van der Waals surface area (Å²) >= 11 is 0. The second kappa shape index (κ2) is 10.3. The van der Waals surface area contributed by atoms with E-state index in [1.807, 2.05) is 18.3 Å². The molecule has 0 N–H and O–H groups in total. The highest BCUT2D eigenvalue weighted by Crippen LogP contribution is 2.26. The van der Waals surface area contributed by atoms with Crippen molar-refractivity contribution in [2.45, 2.75) is 38.3 Å². The van der Waals surface area contributed by atoms with Gasteiger partial charge in [-0.25, -0.2) is 4.39 Å². The summed E-state index contributed by atoms with van der Waals surface area (Å²) in [5.74, 6) is 0.239. The van der Waals surface area contributed by atoms with Crippen molar-refractivity contribution in [2.75, 3.05) is 19.6 Å². The monoisotopic (exact) mass is 455 g/mol. The second-order valence-electron chi connectivity index (χ2n) is 9.22. The number of Topliss-reactive ketones (excluding diaryl/α,β-unsaturated/α-hetero) is 1. The molecule has 3 heterocycles. The number of benzene rings is 2. The molecule has 34 heavy (non-hydrogen) atoms. The lowest BCUT2D eigenvalue weighted by Crippen LogP contribution is -2.23. The van der Waals surface area contributed by atoms with Gasteiger partial charge < -0.3 is 9.47 Å². The number of rotatable bonds is 9. The van der Waals surface area contributed by atoms with E-state index in [-0.39, 0.29) is 5.78 Å². The number of hydrogen-bond donors (Lipinski definition) is 0. The molecule has 4 aromatic rings. The van der Waals surface area contributed by atoms with E-state index in [2.05, 4.69) is 69.2 Å². The van der Waals surface area contributed by atoms with E-state index < -0.39 is 6.17 Å². The van der Waals surface area contributed by atoms with Gasteiger partial charge in [-0.3, -0.25) is 9.78 Å². The van der Waals surface area contributed by atoms with Crippen molar-refractivity contribution in [1.82, 2.24) is 14.5 Å². The molecule has 0 saturated carbocycles. The Kier molecular flexibility index (Phi) is 6.82. The molecule has 0 unspecified atom stereocenters. The van der Waals surface area contributed by atoms with Gasteiger partial charge in [0.2, 0.25) is 0 Å². The summed E-state index contributed by atoms with van der Waals surface area (Å²) < 4.78 is 15.8. The number of para-hydroxylation sites is 1. The Hall–Kier alpha value is -3.31. The fourth-order valence-corrected chi connectivity index (χ4v) is 4.85. The Morgan fingerprint density at radius 2 is 1.85 bits per heavy atom. The van der Waals surface area contributed by atoms with Gasteiger partial charge in [0.1, 0.15) is 12.0 Å². The van der Waals surface area contributed by atoms with E-state index >= 15 is 0 Å². The van der Waals surface area contributed by atoms with Crippen molar-refractivity contribution in [3.05, 3.63) is 95.9 Å². The van der Waals surface area contributed by atoms with Gasteiger partial charge in [0, 0.05) is 62.1 Å². The van der Waals surface area contributed by atoms with Crippen molar-refractivity contribution in [2.24, 2.45) is 0 Å². The summed E-state index contributed by atoms with van der Waals surface area (Å²) in [5, 5.41) is 1.24. The number of halogens is 1. The topological polar surface area (TPSA) is 38.1 Å². The highest BCUT2D eigenvalue weighted by molar-refractivity contribution is 5.86. The molecule has 174 valence electrons. The highest BCUT2D eigenvalue weighted by Gasteiger charge is 2.21. The van der Waals surface area contributed by atoms with E-state index in [1.54, 1.807) is 6.20 Å². The summed E-state index contributed by atoms with van der Waals surface area (Å²) in [4.78, 5) is 18.8. The Labute approximate surface area is 200 Å². The summed E-state index contributed by atoms with van der Waals surface area (Å²) in [7, 11) is 0. The van der Waals surface area contributed by atoms with Crippen LogP contribution in [0.25, 0.3) is 16.6 Å². The Morgan fingerprint density at radius 3 is 2.62 bits per heavy atom. The van der Waals surface area contributed by atoms with Crippen molar-refractivity contribution >= 4 is 16.7 Å². The smallest absolute Gasteiger partial charge is 0.137 e. The number of hydrogen-bond acceptors (Lipinski definition) is 3. The number of carbonyl (C=O) groups excluding carboxylic acids is 1. The molecular weight excluding hydrogens is 425 g/mol. The number of carbonyl (C=O) groups is 1. The molecule has 1 fully saturated rings. The van der Waals surface area contributed by atoms with Crippen LogP contribution in [0.3, 0.4) is 0 Å². The third kappa shape index (κ3) is 5.26. The van der Waals surface area contributed by atoms with E-state index in [9.17, 15) is 9.18 Å². The van der Waals surface area contributed by atoms with Crippen LogP contribution in [0.2, 0.25) is 0 Å². The van der Waals surface area contributed by atoms with Crippen LogP contribution >= 0.6 is 0 Å². The van der Waals surface area contributed by atoms with Crippen LogP contribution in [0, 0.1) is 0 Å². The van der Waals surface area contributed by atoms with Gasteiger partial charge in [-0.15, -0.1) is 0 Å². The fourth-order valence-electron chi connectivity index (χ4n) is 4.85. The molecule has 0 aliphatic carbocycles. The first-order valence-corrected chi connectivity index (χ1v) is 12.1. The molecule has 0 radical (unpaired) electrons. The molecule has 1 aliphatic heterocycles.